The summed E-state index contributed by atoms with van der Waals surface area (Å²) in [7, 11) is 1.45. The molecule has 0 fully saturated rings. The third kappa shape index (κ3) is 4.00. The van der Waals surface area contributed by atoms with Crippen molar-refractivity contribution in [1.29, 1.82) is 0 Å². The van der Waals surface area contributed by atoms with Gasteiger partial charge in [-0.3, -0.25) is 14.2 Å². The van der Waals surface area contributed by atoms with Gasteiger partial charge in [0.25, 0.3) is 11.1 Å². The number of aliphatic hydroxyl groups excluding tert-OH is 2. The lowest BCUT2D eigenvalue weighted by Crippen LogP contribution is -2.36. The van der Waals surface area contributed by atoms with Crippen LogP contribution in [0.5, 0.6) is 0 Å². The zero-order chi connectivity index (χ0) is 20.4. The number of fused-ring (bicyclic) bond motifs is 1. The molecule has 0 saturated heterocycles. The van der Waals surface area contributed by atoms with E-state index in [-0.39, 0.29) is 28.2 Å². The van der Waals surface area contributed by atoms with Crippen molar-refractivity contribution >= 4 is 45.3 Å². The van der Waals surface area contributed by atoms with E-state index < -0.39 is 30.7 Å². The maximum Gasteiger partial charge on any atom is 0.297 e. The fourth-order valence-electron chi connectivity index (χ4n) is 2.40. The first-order valence-corrected chi connectivity index (χ1v) is 9.16. The number of nitrogens with zero attached hydrogens (tertiary/aromatic N) is 3. The SMILES string of the molecule is Cn1c(=O)ccc2c(=O)n(OC[C@H](O)CO)c(Nc3ccc(I)cc3F)nc21. The second-order valence-corrected chi connectivity index (χ2v) is 7.13. The van der Waals surface area contributed by atoms with E-state index in [0.29, 0.717) is 3.57 Å². The first kappa shape index (κ1) is 20.2. The number of halogens is 2. The molecule has 3 N–H and O–H groups in total. The zero-order valence-corrected chi connectivity index (χ0v) is 16.8. The maximum absolute atomic E-state index is 14.2. The van der Waals surface area contributed by atoms with Crippen LogP contribution in [0.15, 0.2) is 39.9 Å². The normalized spacial score (nSPS) is 12.2. The number of hydrogen-bond acceptors (Lipinski definition) is 7. The van der Waals surface area contributed by atoms with Crippen molar-refractivity contribution in [2.45, 2.75) is 6.10 Å². The van der Waals surface area contributed by atoms with Gasteiger partial charge in [-0.05, 0) is 46.9 Å². The maximum atomic E-state index is 14.2. The molecule has 28 heavy (non-hydrogen) atoms. The zero-order valence-electron chi connectivity index (χ0n) is 14.6. The topological polar surface area (TPSA) is 119 Å². The van der Waals surface area contributed by atoms with E-state index in [1.165, 1.54) is 35.9 Å². The Morgan fingerprint density at radius 2 is 2.07 bits per heavy atom. The Kier molecular flexibility index (Phi) is 5.96. The molecule has 2 aromatic heterocycles. The van der Waals surface area contributed by atoms with E-state index in [1.807, 2.05) is 22.6 Å². The molecule has 0 bridgehead atoms. The van der Waals surface area contributed by atoms with Crippen LogP contribution in [0.25, 0.3) is 11.0 Å². The molecule has 3 rings (SSSR count). The van der Waals surface area contributed by atoms with Gasteiger partial charge < -0.3 is 20.4 Å². The molecule has 0 aliphatic rings. The third-order valence-corrected chi connectivity index (χ3v) is 4.56. The van der Waals surface area contributed by atoms with Gasteiger partial charge in [-0.25, -0.2) is 4.39 Å². The molecule has 0 radical (unpaired) electrons. The van der Waals surface area contributed by atoms with Crippen LogP contribution in [0.2, 0.25) is 0 Å². The van der Waals surface area contributed by atoms with Crippen LogP contribution >= 0.6 is 22.6 Å². The molecule has 1 atom stereocenters. The predicted molar refractivity (Wildman–Crippen MR) is 108 cm³/mol. The van der Waals surface area contributed by atoms with Crippen molar-refractivity contribution in [3.63, 3.8) is 0 Å². The molecule has 0 aliphatic heterocycles. The molecular formula is C17H16FIN4O5. The number of benzene rings is 1. The fourth-order valence-corrected chi connectivity index (χ4v) is 2.86. The fraction of sp³-hybridized carbons (Fsp3) is 0.235. The van der Waals surface area contributed by atoms with E-state index >= 15 is 0 Å². The summed E-state index contributed by atoms with van der Waals surface area (Å²) < 4.78 is 16.9. The highest BCUT2D eigenvalue weighted by atomic mass is 127. The van der Waals surface area contributed by atoms with Gasteiger partial charge in [0, 0.05) is 16.7 Å². The number of hydrogen-bond donors (Lipinski definition) is 3. The van der Waals surface area contributed by atoms with Gasteiger partial charge in [0.05, 0.1) is 17.7 Å². The van der Waals surface area contributed by atoms with Crippen molar-refractivity contribution in [2.75, 3.05) is 18.5 Å². The first-order chi connectivity index (χ1) is 13.3. The predicted octanol–water partition coefficient (Wildman–Crippen LogP) is 0.364. The van der Waals surface area contributed by atoms with Gasteiger partial charge in [-0.1, -0.05) is 0 Å². The molecule has 1 aromatic carbocycles. The lowest BCUT2D eigenvalue weighted by Gasteiger charge is -2.17. The van der Waals surface area contributed by atoms with Gasteiger partial charge in [-0.2, -0.15) is 4.98 Å². The molecule has 0 saturated carbocycles. The summed E-state index contributed by atoms with van der Waals surface area (Å²) in [6.45, 7) is -0.974. The van der Waals surface area contributed by atoms with Crippen LogP contribution in [0, 0.1) is 9.39 Å². The van der Waals surface area contributed by atoms with Crippen LogP contribution < -0.4 is 21.3 Å². The molecule has 3 aromatic rings. The van der Waals surface area contributed by atoms with Crippen molar-refractivity contribution < 1.29 is 19.4 Å². The average Bonchev–Trinajstić information content (AvgIpc) is 2.66. The number of anilines is 2. The Morgan fingerprint density at radius 3 is 2.75 bits per heavy atom. The van der Waals surface area contributed by atoms with E-state index in [2.05, 4.69) is 10.3 Å². The largest absolute Gasteiger partial charge is 0.404 e. The number of aliphatic hydroxyl groups is 2. The van der Waals surface area contributed by atoms with Crippen molar-refractivity contribution in [3.8, 4) is 0 Å². The van der Waals surface area contributed by atoms with Gasteiger partial charge in [0.2, 0.25) is 5.95 Å². The summed E-state index contributed by atoms with van der Waals surface area (Å²) in [6.07, 6.45) is -1.23. The lowest BCUT2D eigenvalue weighted by atomic mass is 10.3. The molecule has 0 spiro atoms. The summed E-state index contributed by atoms with van der Waals surface area (Å²) in [5.74, 6) is -0.769. The Balaban J connectivity index is 2.17. The van der Waals surface area contributed by atoms with Crippen LogP contribution in [0.4, 0.5) is 16.0 Å². The first-order valence-electron chi connectivity index (χ1n) is 8.09. The number of rotatable bonds is 6. The van der Waals surface area contributed by atoms with E-state index in [1.54, 1.807) is 6.07 Å². The minimum absolute atomic E-state index is 0.0349. The minimum Gasteiger partial charge on any atom is -0.404 e. The molecule has 11 heteroatoms. The highest BCUT2D eigenvalue weighted by Gasteiger charge is 2.17. The molecule has 0 unspecified atom stereocenters. The van der Waals surface area contributed by atoms with Crippen molar-refractivity contribution in [2.24, 2.45) is 7.05 Å². The van der Waals surface area contributed by atoms with Crippen LogP contribution in [-0.2, 0) is 7.05 Å². The molecule has 2 heterocycles. The van der Waals surface area contributed by atoms with Gasteiger partial charge in [-0.15, -0.1) is 4.73 Å². The molecule has 0 aliphatic carbocycles. The van der Waals surface area contributed by atoms with Gasteiger partial charge in [0.1, 0.15) is 18.5 Å². The van der Waals surface area contributed by atoms with E-state index in [9.17, 15) is 19.1 Å². The molecule has 9 nitrogen and oxygen atoms in total. The third-order valence-electron chi connectivity index (χ3n) is 3.89. The summed E-state index contributed by atoms with van der Waals surface area (Å²) in [5.41, 5.74) is -0.930. The second kappa shape index (κ2) is 8.24. The average molecular weight is 502 g/mol. The van der Waals surface area contributed by atoms with Crippen LogP contribution in [-0.4, -0.2) is 43.8 Å². The van der Waals surface area contributed by atoms with Gasteiger partial charge in [0.15, 0.2) is 5.65 Å². The monoisotopic (exact) mass is 502 g/mol. The standard InChI is InChI=1S/C17H16FIN4O5/c1-22-14(26)5-3-11-15(22)21-17(20-13-4-2-9(19)6-12(13)18)23(16(11)27)28-8-10(25)7-24/h2-6,10,24-25H,7-8H2,1H3,(H,20,21)/t10-/m1/s1. The van der Waals surface area contributed by atoms with E-state index in [0.717, 1.165) is 4.73 Å². The molecule has 0 amide bonds. The van der Waals surface area contributed by atoms with E-state index in [4.69, 9.17) is 9.94 Å². The number of aryl methyl sites for hydroxylation is 1. The summed E-state index contributed by atoms with van der Waals surface area (Å²) in [6, 6.07) is 6.93. The second-order valence-electron chi connectivity index (χ2n) is 5.88. The molecule has 148 valence electrons. The van der Waals surface area contributed by atoms with Crippen molar-refractivity contribution in [3.05, 3.63) is 60.4 Å². The smallest absolute Gasteiger partial charge is 0.297 e. The van der Waals surface area contributed by atoms with Crippen LogP contribution in [0.1, 0.15) is 0 Å². The summed E-state index contributed by atoms with van der Waals surface area (Å²) in [4.78, 5) is 34.3. The minimum atomic E-state index is -1.23. The van der Waals surface area contributed by atoms with Crippen LogP contribution in [0.3, 0.4) is 0 Å². The number of aromatic nitrogens is 3. The Labute approximate surface area is 171 Å². The summed E-state index contributed by atoms with van der Waals surface area (Å²) >= 11 is 1.96. The van der Waals surface area contributed by atoms with Gasteiger partial charge >= 0.3 is 0 Å². The number of pyridine rings is 1. The highest BCUT2D eigenvalue weighted by Crippen LogP contribution is 2.21. The summed E-state index contributed by atoms with van der Waals surface area (Å²) in [5, 5.41) is 21.2. The highest BCUT2D eigenvalue weighted by molar-refractivity contribution is 14.1. The Morgan fingerprint density at radius 1 is 1.32 bits per heavy atom. The molecular weight excluding hydrogens is 486 g/mol. The lowest BCUT2D eigenvalue weighted by molar-refractivity contribution is -0.00201. The quantitative estimate of drug-likeness (QED) is 0.417. The Bertz CT molecular complexity index is 1150. The van der Waals surface area contributed by atoms with Crippen molar-refractivity contribution in [1.82, 2.24) is 14.3 Å². The number of nitrogens with one attached hydrogen (secondary N) is 1. The Hall–Kier alpha value is -2.51.